The van der Waals surface area contributed by atoms with Crippen molar-refractivity contribution in [3.05, 3.63) is 46.8 Å². The van der Waals surface area contributed by atoms with Crippen LogP contribution in [0.25, 0.3) is 0 Å². The lowest BCUT2D eigenvalue weighted by Crippen LogP contribution is -2.64. The van der Waals surface area contributed by atoms with Gasteiger partial charge in [-0.15, -0.1) is 0 Å². The van der Waals surface area contributed by atoms with Crippen molar-refractivity contribution < 1.29 is 38.7 Å². The number of ether oxygens (including phenoxy) is 1. The van der Waals surface area contributed by atoms with Crippen molar-refractivity contribution >= 4 is 11.6 Å². The van der Waals surface area contributed by atoms with Crippen molar-refractivity contribution in [2.24, 2.45) is 11.8 Å². The molecule has 3 aliphatic rings. The average molecular weight is 508 g/mol. The minimum atomic E-state index is -3.01. The summed E-state index contributed by atoms with van der Waals surface area (Å²) in [5, 5.41) is 47.2. The molecule has 1 amide bonds. The molecule has 1 aromatic heterocycles. The maximum Gasteiger partial charge on any atom is 0.280 e. The maximum absolute atomic E-state index is 13.9. The van der Waals surface area contributed by atoms with E-state index in [1.807, 2.05) is 6.07 Å². The van der Waals surface area contributed by atoms with Crippen LogP contribution in [0.3, 0.4) is 0 Å². The molecule has 2 heterocycles. The Morgan fingerprint density at radius 3 is 2.56 bits per heavy atom. The Labute approximate surface area is 206 Å². The second kappa shape index (κ2) is 9.46. The number of nitrogens with zero attached hydrogens (tertiary/aromatic N) is 2. The van der Waals surface area contributed by atoms with Gasteiger partial charge in [-0.05, 0) is 53.7 Å². The largest absolute Gasteiger partial charge is 0.394 e. The zero-order chi connectivity index (χ0) is 25.9. The molecule has 5 N–H and O–H groups in total. The summed E-state index contributed by atoms with van der Waals surface area (Å²) >= 11 is 0. The lowest BCUT2D eigenvalue weighted by atomic mass is 9.84. The summed E-state index contributed by atoms with van der Waals surface area (Å²) in [6.07, 6.45) is -8.09. The van der Waals surface area contributed by atoms with Crippen LogP contribution in [0.5, 0.6) is 0 Å². The topological polar surface area (TPSA) is 139 Å². The number of hydrogen-bond acceptors (Lipinski definition) is 7. The van der Waals surface area contributed by atoms with Gasteiger partial charge in [0.1, 0.15) is 30.1 Å². The number of carbonyl (C=O) groups excluding carboxylic acids is 1. The Bertz CT molecular complexity index is 1120. The number of rotatable bonds is 6. The van der Waals surface area contributed by atoms with E-state index in [0.717, 1.165) is 35.1 Å². The molecule has 2 fully saturated rings. The number of aromatic nitrogens is 2. The SMILES string of the molecule is CC(C)C1C2CCC1c1c2cccc1N(C(=O)c1cn[nH]c1C(F)F)[C@@H]1O[C@H](CO)[C@@H](O)[C@H](O)[C@H]1O. The number of alkyl halides is 2. The van der Waals surface area contributed by atoms with E-state index in [9.17, 15) is 34.0 Å². The highest BCUT2D eigenvalue weighted by molar-refractivity contribution is 6.07. The average Bonchev–Trinajstić information content (AvgIpc) is 3.58. The molecule has 0 radical (unpaired) electrons. The third-order valence-electron chi connectivity index (χ3n) is 8.09. The van der Waals surface area contributed by atoms with Crippen LogP contribution in [0.2, 0.25) is 0 Å². The number of aliphatic hydroxyl groups is 4. The first-order valence-corrected chi connectivity index (χ1v) is 12.3. The zero-order valence-corrected chi connectivity index (χ0v) is 20.0. The van der Waals surface area contributed by atoms with Gasteiger partial charge in [0.05, 0.1) is 24.1 Å². The molecule has 8 atom stereocenters. The first kappa shape index (κ1) is 25.2. The highest BCUT2D eigenvalue weighted by Gasteiger charge is 2.52. The Kier molecular flexibility index (Phi) is 6.63. The van der Waals surface area contributed by atoms with Crippen LogP contribution in [0, 0.1) is 11.8 Å². The Hall–Kier alpha value is -2.44. The van der Waals surface area contributed by atoms with E-state index >= 15 is 0 Å². The number of benzene rings is 1. The van der Waals surface area contributed by atoms with Gasteiger partial charge in [0, 0.05) is 0 Å². The number of anilines is 1. The van der Waals surface area contributed by atoms with Crippen molar-refractivity contribution in [2.75, 3.05) is 11.5 Å². The lowest BCUT2D eigenvalue weighted by Gasteiger charge is -2.45. The van der Waals surface area contributed by atoms with E-state index in [-0.39, 0.29) is 5.92 Å². The van der Waals surface area contributed by atoms with E-state index in [0.29, 0.717) is 23.4 Å². The highest BCUT2D eigenvalue weighted by Crippen LogP contribution is 2.62. The molecular formula is C25H31F2N3O6. The molecule has 11 heteroatoms. The zero-order valence-electron chi connectivity index (χ0n) is 20.0. The standard InChI is InChI=1S/C25H31F2N3O6/c1-10(2)17-12-6-7-13(17)18-11(12)4-3-5-15(18)30(24(35)14-8-28-29-19(14)23(26)27)25-22(34)21(33)20(32)16(9-31)36-25/h3-5,8,10,12-13,16-17,20-23,25,31-34H,6-7,9H2,1-2H3,(H,28,29)/t12?,13?,16-,17?,20-,21+,22-,25-/m1/s1. The van der Waals surface area contributed by atoms with Crippen molar-refractivity contribution in [2.45, 2.75) is 75.6 Å². The minimum Gasteiger partial charge on any atom is -0.394 e. The Morgan fingerprint density at radius 2 is 1.89 bits per heavy atom. The number of amides is 1. The number of aliphatic hydroxyl groups excluding tert-OH is 4. The molecule has 2 aliphatic carbocycles. The molecule has 1 aromatic carbocycles. The van der Waals surface area contributed by atoms with Crippen molar-refractivity contribution in [3.8, 4) is 0 Å². The maximum atomic E-state index is 13.9. The van der Waals surface area contributed by atoms with Crippen molar-refractivity contribution in [1.29, 1.82) is 0 Å². The van der Waals surface area contributed by atoms with Gasteiger partial charge >= 0.3 is 0 Å². The first-order chi connectivity index (χ1) is 17.2. The van der Waals surface area contributed by atoms with Crippen LogP contribution in [-0.2, 0) is 4.74 Å². The van der Waals surface area contributed by atoms with Gasteiger partial charge in [0.25, 0.3) is 12.3 Å². The van der Waals surface area contributed by atoms with Gasteiger partial charge in [-0.25, -0.2) is 8.78 Å². The van der Waals surface area contributed by atoms with E-state index in [1.54, 1.807) is 12.1 Å². The summed E-state index contributed by atoms with van der Waals surface area (Å²) in [6, 6.07) is 5.47. The molecular weight excluding hydrogens is 476 g/mol. The van der Waals surface area contributed by atoms with Crippen LogP contribution < -0.4 is 4.90 Å². The lowest BCUT2D eigenvalue weighted by molar-refractivity contribution is -0.226. The fourth-order valence-electron chi connectivity index (χ4n) is 6.58. The molecule has 1 saturated heterocycles. The van der Waals surface area contributed by atoms with Crippen LogP contribution in [0.15, 0.2) is 24.4 Å². The molecule has 1 aliphatic heterocycles. The van der Waals surface area contributed by atoms with Crippen molar-refractivity contribution in [1.82, 2.24) is 10.2 Å². The minimum absolute atomic E-state index is 0.125. The van der Waals surface area contributed by atoms with Crippen LogP contribution in [0.1, 0.15) is 72.1 Å². The summed E-state index contributed by atoms with van der Waals surface area (Å²) in [7, 11) is 0. The Balaban J connectivity index is 1.66. The highest BCUT2D eigenvalue weighted by atomic mass is 19.3. The molecule has 36 heavy (non-hydrogen) atoms. The number of halogens is 2. The van der Waals surface area contributed by atoms with Gasteiger partial charge in [0.15, 0.2) is 6.23 Å². The van der Waals surface area contributed by atoms with Gasteiger partial charge < -0.3 is 25.2 Å². The summed E-state index contributed by atoms with van der Waals surface area (Å²) in [4.78, 5) is 15.0. The molecule has 9 nitrogen and oxygen atoms in total. The second-order valence-corrected chi connectivity index (χ2v) is 10.3. The summed E-state index contributed by atoms with van der Waals surface area (Å²) in [6.45, 7) is 3.62. The predicted octanol–water partition coefficient (Wildman–Crippen LogP) is 2.04. The van der Waals surface area contributed by atoms with Crippen LogP contribution in [0.4, 0.5) is 14.5 Å². The number of fused-ring (bicyclic) bond motifs is 5. The van der Waals surface area contributed by atoms with Gasteiger partial charge in [0.2, 0.25) is 0 Å². The third-order valence-corrected chi connectivity index (χ3v) is 8.09. The predicted molar refractivity (Wildman–Crippen MR) is 124 cm³/mol. The number of carbonyl (C=O) groups is 1. The molecule has 196 valence electrons. The van der Waals surface area contributed by atoms with Crippen LogP contribution in [-0.4, -0.2) is 73.8 Å². The molecule has 5 rings (SSSR count). The molecule has 2 aromatic rings. The fraction of sp³-hybridized carbons (Fsp3) is 0.600. The smallest absolute Gasteiger partial charge is 0.280 e. The summed E-state index contributed by atoms with van der Waals surface area (Å²) < 4.78 is 33.1. The summed E-state index contributed by atoms with van der Waals surface area (Å²) in [5.74, 6) is 0.236. The number of hydrogen-bond donors (Lipinski definition) is 5. The van der Waals surface area contributed by atoms with Crippen molar-refractivity contribution in [3.63, 3.8) is 0 Å². The van der Waals surface area contributed by atoms with E-state index < -0.39 is 60.8 Å². The molecule has 2 bridgehead atoms. The summed E-state index contributed by atoms with van der Waals surface area (Å²) in [5.41, 5.74) is 1.29. The van der Waals surface area contributed by atoms with Gasteiger partial charge in [-0.1, -0.05) is 26.0 Å². The normalized spacial score (nSPS) is 33.4. The molecule has 0 spiro atoms. The first-order valence-electron chi connectivity index (χ1n) is 12.3. The van der Waals surface area contributed by atoms with E-state index in [4.69, 9.17) is 4.74 Å². The number of nitrogens with one attached hydrogen (secondary N) is 1. The van der Waals surface area contributed by atoms with Gasteiger partial charge in [-0.2, -0.15) is 5.10 Å². The number of aromatic amines is 1. The molecule has 1 saturated carbocycles. The quantitative estimate of drug-likeness (QED) is 0.403. The molecule has 3 unspecified atom stereocenters. The van der Waals surface area contributed by atoms with E-state index in [1.165, 1.54) is 0 Å². The fourth-order valence-corrected chi connectivity index (χ4v) is 6.58. The second-order valence-electron chi connectivity index (χ2n) is 10.3. The van der Waals surface area contributed by atoms with Crippen LogP contribution >= 0.6 is 0 Å². The van der Waals surface area contributed by atoms with Gasteiger partial charge in [-0.3, -0.25) is 14.8 Å². The number of H-pyrrole nitrogens is 1. The monoisotopic (exact) mass is 507 g/mol. The Morgan fingerprint density at radius 1 is 1.17 bits per heavy atom. The van der Waals surface area contributed by atoms with E-state index in [2.05, 4.69) is 24.0 Å². The third kappa shape index (κ3) is 3.76.